The van der Waals surface area contributed by atoms with Crippen LogP contribution < -0.4 is 20.7 Å². The van der Waals surface area contributed by atoms with E-state index in [1.165, 1.54) is 11.3 Å². The van der Waals surface area contributed by atoms with E-state index in [1.54, 1.807) is 7.11 Å². The zero-order chi connectivity index (χ0) is 16.9. The predicted molar refractivity (Wildman–Crippen MR) is 100 cm³/mol. The topological polar surface area (TPSA) is 62.9 Å². The van der Waals surface area contributed by atoms with E-state index < -0.39 is 0 Å². The third kappa shape index (κ3) is 3.79. The molecular formula is C19H24N4O. The summed E-state index contributed by atoms with van der Waals surface area (Å²) >= 11 is 0. The van der Waals surface area contributed by atoms with Gasteiger partial charge in [-0.2, -0.15) is 0 Å². The van der Waals surface area contributed by atoms with Crippen molar-refractivity contribution in [2.24, 2.45) is 16.6 Å². The van der Waals surface area contributed by atoms with Crippen molar-refractivity contribution < 1.29 is 4.74 Å². The largest absolute Gasteiger partial charge is 0.497 e. The Balaban J connectivity index is 1.61. The maximum absolute atomic E-state index is 6.03. The van der Waals surface area contributed by atoms with E-state index >= 15 is 0 Å². The number of hydrogen-bond acceptors (Lipinski definition) is 3. The number of guanidine groups is 1. The van der Waals surface area contributed by atoms with E-state index in [0.29, 0.717) is 18.4 Å². The highest BCUT2D eigenvalue weighted by molar-refractivity contribution is 5.92. The molecule has 1 aliphatic heterocycles. The number of anilines is 2. The van der Waals surface area contributed by atoms with Crippen molar-refractivity contribution in [1.82, 2.24) is 0 Å². The Morgan fingerprint density at radius 2 is 2.12 bits per heavy atom. The fourth-order valence-corrected chi connectivity index (χ4v) is 3.16. The molecule has 24 heavy (non-hydrogen) atoms. The summed E-state index contributed by atoms with van der Waals surface area (Å²) in [6.07, 6.45) is 1.04. The van der Waals surface area contributed by atoms with Crippen LogP contribution in [0.5, 0.6) is 5.75 Å². The summed E-state index contributed by atoms with van der Waals surface area (Å²) in [5, 5.41) is 3.12. The lowest BCUT2D eigenvalue weighted by Gasteiger charge is -2.32. The van der Waals surface area contributed by atoms with Crippen molar-refractivity contribution in [3.8, 4) is 5.75 Å². The minimum absolute atomic E-state index is 0.435. The van der Waals surface area contributed by atoms with Gasteiger partial charge in [-0.05, 0) is 30.2 Å². The third-order valence-corrected chi connectivity index (χ3v) is 4.31. The zero-order valence-electron chi connectivity index (χ0n) is 14.2. The molecular weight excluding hydrogens is 300 g/mol. The van der Waals surface area contributed by atoms with Gasteiger partial charge in [0.25, 0.3) is 0 Å². The van der Waals surface area contributed by atoms with Crippen molar-refractivity contribution in [2.45, 2.75) is 6.42 Å². The number of rotatable bonds is 4. The highest BCUT2D eigenvalue weighted by Crippen LogP contribution is 2.28. The van der Waals surface area contributed by atoms with Crippen LogP contribution in [0.1, 0.15) is 5.56 Å². The quantitative estimate of drug-likeness (QED) is 0.670. The van der Waals surface area contributed by atoms with E-state index in [2.05, 4.69) is 46.5 Å². The Labute approximate surface area is 143 Å². The minimum Gasteiger partial charge on any atom is -0.497 e. The van der Waals surface area contributed by atoms with E-state index in [1.807, 2.05) is 24.3 Å². The molecule has 0 saturated heterocycles. The van der Waals surface area contributed by atoms with Crippen LogP contribution in [0.25, 0.3) is 0 Å². The number of nitrogens with two attached hydrogens (primary N) is 1. The summed E-state index contributed by atoms with van der Waals surface area (Å²) in [7, 11) is 3.78. The van der Waals surface area contributed by atoms with E-state index in [-0.39, 0.29) is 0 Å². The monoisotopic (exact) mass is 324 g/mol. The number of nitrogens with zero attached hydrogens (tertiary/aromatic N) is 2. The van der Waals surface area contributed by atoms with Crippen LogP contribution in [-0.2, 0) is 6.42 Å². The van der Waals surface area contributed by atoms with Gasteiger partial charge in [-0.15, -0.1) is 0 Å². The molecule has 3 rings (SSSR count). The van der Waals surface area contributed by atoms with Crippen molar-refractivity contribution in [1.29, 1.82) is 0 Å². The lowest BCUT2D eigenvalue weighted by atomic mass is 9.93. The van der Waals surface area contributed by atoms with Gasteiger partial charge < -0.3 is 20.7 Å². The first-order chi connectivity index (χ1) is 11.7. The average Bonchev–Trinajstić information content (AvgIpc) is 2.60. The van der Waals surface area contributed by atoms with Gasteiger partial charge in [0.1, 0.15) is 5.75 Å². The normalized spacial score (nSPS) is 17.3. The van der Waals surface area contributed by atoms with Crippen LogP contribution in [0.2, 0.25) is 0 Å². The van der Waals surface area contributed by atoms with Gasteiger partial charge in [-0.25, -0.2) is 0 Å². The average molecular weight is 324 g/mol. The van der Waals surface area contributed by atoms with Gasteiger partial charge in [-0.3, -0.25) is 4.99 Å². The van der Waals surface area contributed by atoms with Crippen LogP contribution in [0.4, 0.5) is 11.4 Å². The Morgan fingerprint density at radius 1 is 1.29 bits per heavy atom. The molecule has 0 fully saturated rings. The second kappa shape index (κ2) is 7.25. The Kier molecular flexibility index (Phi) is 4.89. The Morgan fingerprint density at radius 3 is 2.96 bits per heavy atom. The zero-order valence-corrected chi connectivity index (χ0v) is 14.2. The number of nitrogens with one attached hydrogen (secondary N) is 1. The second-order valence-corrected chi connectivity index (χ2v) is 6.16. The number of para-hydroxylation sites is 1. The first kappa shape index (κ1) is 16.2. The molecule has 0 aliphatic carbocycles. The first-order valence-corrected chi connectivity index (χ1v) is 8.15. The number of methoxy groups -OCH3 is 1. The Bertz CT molecular complexity index is 729. The molecule has 0 aromatic heterocycles. The fourth-order valence-electron chi connectivity index (χ4n) is 3.16. The molecule has 5 nitrogen and oxygen atoms in total. The molecule has 0 bridgehead atoms. The van der Waals surface area contributed by atoms with Crippen molar-refractivity contribution in [2.75, 3.05) is 37.5 Å². The number of ether oxygens (including phenoxy) is 1. The van der Waals surface area contributed by atoms with Crippen LogP contribution in [-0.4, -0.2) is 33.2 Å². The lowest BCUT2D eigenvalue weighted by Crippen LogP contribution is -2.34. The highest BCUT2D eigenvalue weighted by Gasteiger charge is 2.21. The first-order valence-electron chi connectivity index (χ1n) is 8.15. The van der Waals surface area contributed by atoms with Crippen LogP contribution in [0.3, 0.4) is 0 Å². The van der Waals surface area contributed by atoms with Crippen molar-refractivity contribution in [3.05, 3.63) is 54.1 Å². The Hall–Kier alpha value is -2.69. The summed E-state index contributed by atoms with van der Waals surface area (Å²) in [4.78, 5) is 6.82. The highest BCUT2D eigenvalue weighted by atomic mass is 16.5. The van der Waals surface area contributed by atoms with Gasteiger partial charge in [0.2, 0.25) is 0 Å². The molecule has 1 unspecified atom stereocenters. The maximum Gasteiger partial charge on any atom is 0.193 e. The fraction of sp³-hybridized carbons (Fsp3) is 0.316. The molecule has 2 aromatic carbocycles. The van der Waals surface area contributed by atoms with Crippen molar-refractivity contribution >= 4 is 17.3 Å². The number of benzene rings is 2. The summed E-state index contributed by atoms with van der Waals surface area (Å²) in [5.41, 5.74) is 9.60. The minimum atomic E-state index is 0.435. The number of aliphatic imine (C=N–C) groups is 1. The van der Waals surface area contributed by atoms with Crippen LogP contribution >= 0.6 is 0 Å². The number of hydrogen-bond donors (Lipinski definition) is 2. The maximum atomic E-state index is 6.03. The lowest BCUT2D eigenvalue weighted by molar-refractivity contribution is 0.415. The number of fused-ring (bicyclic) bond motifs is 1. The summed E-state index contributed by atoms with van der Waals surface area (Å²) in [5.74, 6) is 1.69. The van der Waals surface area contributed by atoms with E-state index in [4.69, 9.17) is 10.5 Å². The van der Waals surface area contributed by atoms with Gasteiger partial charge in [0, 0.05) is 43.5 Å². The van der Waals surface area contributed by atoms with Gasteiger partial charge >= 0.3 is 0 Å². The molecule has 126 valence electrons. The molecule has 0 radical (unpaired) electrons. The van der Waals surface area contributed by atoms with E-state index in [9.17, 15) is 0 Å². The van der Waals surface area contributed by atoms with Gasteiger partial charge in [0.05, 0.1) is 7.11 Å². The van der Waals surface area contributed by atoms with Gasteiger partial charge in [-0.1, -0.05) is 24.3 Å². The molecule has 0 saturated carbocycles. The van der Waals surface area contributed by atoms with E-state index in [0.717, 1.165) is 24.4 Å². The molecule has 1 aliphatic rings. The third-order valence-electron chi connectivity index (χ3n) is 4.31. The summed E-state index contributed by atoms with van der Waals surface area (Å²) < 4.78 is 5.21. The summed E-state index contributed by atoms with van der Waals surface area (Å²) in [6.45, 7) is 1.70. The molecule has 1 atom stereocenters. The molecule has 0 amide bonds. The molecule has 2 aromatic rings. The van der Waals surface area contributed by atoms with Crippen LogP contribution in [0, 0.1) is 5.92 Å². The predicted octanol–water partition coefficient (Wildman–Crippen LogP) is 2.73. The molecule has 0 spiro atoms. The standard InChI is InChI=1S/C19H24N4O/c1-23-13-14(10-15-6-3-4-9-18(15)23)12-21-19(20)22-16-7-5-8-17(11-16)24-2/h3-9,11,14H,10,12-13H2,1-2H3,(H3,20,21,22). The second-order valence-electron chi connectivity index (χ2n) is 6.16. The van der Waals surface area contributed by atoms with Gasteiger partial charge in [0.15, 0.2) is 5.96 Å². The molecule has 1 heterocycles. The van der Waals surface area contributed by atoms with Crippen LogP contribution in [0.15, 0.2) is 53.5 Å². The molecule has 3 N–H and O–H groups in total. The van der Waals surface area contributed by atoms with Crippen molar-refractivity contribution in [3.63, 3.8) is 0 Å². The smallest absolute Gasteiger partial charge is 0.193 e. The SMILES string of the molecule is COc1cccc(NC(N)=NCC2Cc3ccccc3N(C)C2)c1. The molecule has 5 heteroatoms. The summed E-state index contributed by atoms with van der Waals surface area (Å²) in [6, 6.07) is 16.2.